The molecule has 0 amide bonds. The van der Waals surface area contributed by atoms with Crippen LogP contribution >= 0.6 is 0 Å². The molecule has 56 heavy (non-hydrogen) atoms. The summed E-state index contributed by atoms with van der Waals surface area (Å²) in [6.45, 7) is 18.2. The van der Waals surface area contributed by atoms with E-state index in [2.05, 4.69) is 13.8 Å². The molecule has 11 atom stereocenters. The van der Waals surface area contributed by atoms with Crippen molar-refractivity contribution in [3.05, 3.63) is 0 Å². The second-order valence-electron chi connectivity index (χ2n) is 21.9. The highest BCUT2D eigenvalue weighted by molar-refractivity contribution is 5.78. The predicted octanol–water partition coefficient (Wildman–Crippen LogP) is 9.15. The van der Waals surface area contributed by atoms with Crippen LogP contribution in [0.25, 0.3) is 0 Å². The van der Waals surface area contributed by atoms with E-state index in [0.29, 0.717) is 36.0 Å². The SMILES string of the molecule is CCC(C)(C)C(=O)OC12CC3CC(CC(O)(C3)C1)C2.CCC(C)C(=O)OC1C2CC3C(=O)OC1C3C2.CCC1C2CC3CC(C2)CC1(OC(=O)C(C)(C)CC)C3. The summed E-state index contributed by atoms with van der Waals surface area (Å²) in [5.74, 6) is 4.61. The van der Waals surface area contributed by atoms with Crippen molar-refractivity contribution >= 4 is 23.9 Å². The molecule has 0 radical (unpaired) electrons. The lowest BCUT2D eigenvalue weighted by Crippen LogP contribution is -2.61. The van der Waals surface area contributed by atoms with Gasteiger partial charge in [-0.25, -0.2) is 0 Å². The van der Waals surface area contributed by atoms with Crippen LogP contribution in [0.4, 0.5) is 0 Å². The molecule has 0 aromatic carbocycles. The Kier molecular flexibility index (Phi) is 11.4. The lowest BCUT2D eigenvalue weighted by molar-refractivity contribution is -0.225. The minimum Gasteiger partial charge on any atom is -0.459 e. The van der Waals surface area contributed by atoms with Crippen LogP contribution in [0, 0.1) is 70.0 Å². The minimum atomic E-state index is -0.555. The van der Waals surface area contributed by atoms with Crippen LogP contribution in [0.15, 0.2) is 0 Å². The highest BCUT2D eigenvalue weighted by atomic mass is 16.6. The number of esters is 4. The monoisotopic (exact) mass is 783 g/mol. The number of rotatable bonds is 10. The largest absolute Gasteiger partial charge is 0.459 e. The van der Waals surface area contributed by atoms with Gasteiger partial charge in [-0.15, -0.1) is 0 Å². The summed E-state index contributed by atoms with van der Waals surface area (Å²) in [4.78, 5) is 48.4. The van der Waals surface area contributed by atoms with Crippen molar-refractivity contribution in [3.63, 3.8) is 0 Å². The van der Waals surface area contributed by atoms with Gasteiger partial charge >= 0.3 is 23.9 Å². The third kappa shape index (κ3) is 7.71. The quantitative estimate of drug-likeness (QED) is 0.171. The van der Waals surface area contributed by atoms with E-state index in [1.54, 1.807) is 0 Å². The number of fused-ring (bicyclic) bond motifs is 1. The molecule has 0 spiro atoms. The van der Waals surface area contributed by atoms with Gasteiger partial charge in [0.25, 0.3) is 0 Å². The van der Waals surface area contributed by atoms with Crippen LogP contribution in [0.1, 0.15) is 171 Å². The van der Waals surface area contributed by atoms with Gasteiger partial charge in [-0.3, -0.25) is 19.2 Å². The average molecular weight is 783 g/mol. The smallest absolute Gasteiger partial charge is 0.312 e. The number of ether oxygens (including phenoxy) is 4. The van der Waals surface area contributed by atoms with Gasteiger partial charge < -0.3 is 24.1 Å². The van der Waals surface area contributed by atoms with Crippen molar-refractivity contribution < 1.29 is 43.2 Å². The number of hydrogen-bond donors (Lipinski definition) is 1. The summed E-state index contributed by atoms with van der Waals surface area (Å²) in [7, 11) is 0. The summed E-state index contributed by atoms with van der Waals surface area (Å²) in [5.41, 5.74) is -1.76. The fourth-order valence-corrected chi connectivity index (χ4v) is 13.6. The zero-order valence-electron chi connectivity index (χ0n) is 36.2. The van der Waals surface area contributed by atoms with Gasteiger partial charge in [0.15, 0.2) is 0 Å². The van der Waals surface area contributed by atoms with Crippen LogP contribution in [0.3, 0.4) is 0 Å². The highest BCUT2D eigenvalue weighted by Gasteiger charge is 2.64. The average Bonchev–Trinajstić information content (AvgIpc) is 3.75. The molecule has 9 nitrogen and oxygen atoms in total. The molecular weight excluding hydrogens is 709 g/mol. The van der Waals surface area contributed by atoms with E-state index in [4.69, 9.17) is 18.9 Å². The number of carbonyl (C=O) groups is 4. The number of hydrogen-bond acceptors (Lipinski definition) is 9. The second kappa shape index (κ2) is 15.1. The van der Waals surface area contributed by atoms with Crippen LogP contribution in [0.5, 0.6) is 0 Å². The van der Waals surface area contributed by atoms with Crippen LogP contribution in [-0.2, 0) is 38.1 Å². The lowest BCUT2D eigenvalue weighted by atomic mass is 9.49. The summed E-state index contributed by atoms with van der Waals surface area (Å²) < 4.78 is 23.2. The molecule has 0 aromatic heterocycles. The predicted molar refractivity (Wildman–Crippen MR) is 212 cm³/mol. The zero-order valence-corrected chi connectivity index (χ0v) is 36.2. The summed E-state index contributed by atoms with van der Waals surface area (Å²) in [5, 5.41) is 10.6. The first-order valence-electron chi connectivity index (χ1n) is 22.9. The topological polar surface area (TPSA) is 125 Å². The van der Waals surface area contributed by atoms with E-state index in [1.807, 2.05) is 48.5 Å². The molecule has 0 aromatic rings. The minimum absolute atomic E-state index is 0.0420. The van der Waals surface area contributed by atoms with Crippen molar-refractivity contribution in [3.8, 4) is 0 Å². The highest BCUT2D eigenvalue weighted by Crippen LogP contribution is 2.62. The Hall–Kier alpha value is -2.16. The maximum Gasteiger partial charge on any atom is 0.312 e. The van der Waals surface area contributed by atoms with E-state index < -0.39 is 11.0 Å². The Balaban J connectivity index is 0.000000129. The van der Waals surface area contributed by atoms with Gasteiger partial charge in [-0.05, 0) is 160 Å². The standard InChI is InChI=1S/C18H30O2.C16H26O3.C13H18O4/c1-5-15-14-8-12-7-13(9-14)11-18(15,10-12)20-16(19)17(3,4)6-2;1-4-14(2,3)13(17)19-16-8-11-5-12(9-16)7-15(18,6-11)10-16;1-3-6(2)12(14)16-10-7-4-8-9(5-7)13(15)17-11(8)10/h12-15H,5-11H2,1-4H3;11-12,18H,4-10H2,1-3H3;6-11H,3-5H2,1-2H3. The fraction of sp³-hybridized carbons (Fsp3) is 0.915. The molecule has 10 aliphatic carbocycles. The van der Waals surface area contributed by atoms with E-state index in [-0.39, 0.29) is 64.5 Å². The molecule has 1 heterocycles. The first kappa shape index (κ1) is 42.0. The van der Waals surface area contributed by atoms with Gasteiger partial charge in [0.2, 0.25) is 0 Å². The van der Waals surface area contributed by atoms with Crippen molar-refractivity contribution in [1.29, 1.82) is 0 Å². The molecule has 10 bridgehead atoms. The Labute approximate surface area is 336 Å². The Morgan fingerprint density at radius 2 is 1.34 bits per heavy atom. The van der Waals surface area contributed by atoms with Gasteiger partial charge in [0, 0.05) is 24.2 Å². The van der Waals surface area contributed by atoms with Gasteiger partial charge in [-0.2, -0.15) is 0 Å². The molecule has 1 aliphatic heterocycles. The van der Waals surface area contributed by atoms with Crippen LogP contribution < -0.4 is 0 Å². The molecule has 11 rings (SSSR count). The van der Waals surface area contributed by atoms with E-state index in [1.165, 1.54) is 32.1 Å². The number of carbonyl (C=O) groups excluding carboxylic acids is 4. The molecule has 9 heteroatoms. The van der Waals surface area contributed by atoms with Crippen LogP contribution in [-0.4, -0.2) is 58.0 Å². The first-order valence-corrected chi connectivity index (χ1v) is 22.9. The molecule has 11 unspecified atom stereocenters. The van der Waals surface area contributed by atoms with Gasteiger partial charge in [0.1, 0.15) is 23.4 Å². The second-order valence-corrected chi connectivity index (χ2v) is 21.9. The van der Waals surface area contributed by atoms with Crippen molar-refractivity contribution in [2.75, 3.05) is 0 Å². The van der Waals surface area contributed by atoms with Gasteiger partial charge in [-0.1, -0.05) is 34.6 Å². The Bertz CT molecular complexity index is 1490. The summed E-state index contributed by atoms with van der Waals surface area (Å²) >= 11 is 0. The molecule has 316 valence electrons. The maximum absolute atomic E-state index is 12.6. The lowest BCUT2D eigenvalue weighted by Gasteiger charge is -2.60. The van der Waals surface area contributed by atoms with Crippen LogP contribution in [0.2, 0.25) is 0 Å². The zero-order chi connectivity index (χ0) is 40.6. The molecule has 10 saturated carbocycles. The molecular formula is C47H74O9. The maximum atomic E-state index is 12.6. The van der Waals surface area contributed by atoms with Crippen molar-refractivity contribution in [2.24, 2.45) is 70.0 Å². The third-order valence-electron chi connectivity index (χ3n) is 17.0. The Morgan fingerprint density at radius 1 is 0.768 bits per heavy atom. The number of aliphatic hydroxyl groups is 1. The van der Waals surface area contributed by atoms with E-state index in [0.717, 1.165) is 88.4 Å². The fourth-order valence-electron chi connectivity index (χ4n) is 13.6. The Morgan fingerprint density at radius 3 is 1.88 bits per heavy atom. The van der Waals surface area contributed by atoms with E-state index >= 15 is 0 Å². The normalized spacial score (nSPS) is 43.6. The molecule has 11 aliphatic rings. The molecule has 1 saturated heterocycles. The van der Waals surface area contributed by atoms with Gasteiger partial charge in [0.05, 0.1) is 28.3 Å². The summed E-state index contributed by atoms with van der Waals surface area (Å²) in [6, 6.07) is 0. The van der Waals surface area contributed by atoms with Crippen molar-refractivity contribution in [2.45, 2.75) is 200 Å². The molecule has 11 fully saturated rings. The first-order chi connectivity index (χ1) is 26.3. The summed E-state index contributed by atoms with van der Waals surface area (Å²) in [6.07, 6.45) is 17.2. The molecule has 1 N–H and O–H groups in total. The van der Waals surface area contributed by atoms with Crippen molar-refractivity contribution in [1.82, 2.24) is 0 Å². The van der Waals surface area contributed by atoms with E-state index in [9.17, 15) is 24.3 Å². The third-order valence-corrected chi connectivity index (χ3v) is 17.0.